The van der Waals surface area contributed by atoms with Gasteiger partial charge in [0.1, 0.15) is 0 Å². The maximum absolute atomic E-state index is 15.4. The van der Waals surface area contributed by atoms with Crippen molar-refractivity contribution in [3.63, 3.8) is 0 Å². The fourth-order valence-electron chi connectivity index (χ4n) is 3.89. The van der Waals surface area contributed by atoms with Crippen LogP contribution in [-0.4, -0.2) is 36.9 Å². The highest BCUT2D eigenvalue weighted by Crippen LogP contribution is 2.39. The molecule has 0 saturated carbocycles. The Morgan fingerprint density at radius 1 is 0.811 bits per heavy atom. The van der Waals surface area contributed by atoms with Crippen LogP contribution in [0.15, 0.2) is 53.4 Å². The molecule has 0 amide bonds. The third-order valence-electron chi connectivity index (χ3n) is 6.00. The summed E-state index contributed by atoms with van der Waals surface area (Å²) in [6.07, 6.45) is 3.38. The van der Waals surface area contributed by atoms with Crippen LogP contribution in [0.1, 0.15) is 43.0 Å². The van der Waals surface area contributed by atoms with E-state index in [9.17, 15) is 8.42 Å². The third kappa shape index (κ3) is 6.25. The molecule has 0 spiro atoms. The number of benzene rings is 3. The van der Waals surface area contributed by atoms with Gasteiger partial charge in [-0.25, -0.2) is 12.8 Å². The van der Waals surface area contributed by atoms with Gasteiger partial charge in [-0.15, -0.1) is 0 Å². The van der Waals surface area contributed by atoms with E-state index in [1.807, 2.05) is 26.8 Å². The average molecular weight is 529 g/mol. The summed E-state index contributed by atoms with van der Waals surface area (Å²) >= 11 is 0. The van der Waals surface area contributed by atoms with E-state index in [1.54, 1.807) is 42.5 Å². The van der Waals surface area contributed by atoms with E-state index in [-0.39, 0.29) is 21.6 Å². The zero-order valence-electron chi connectivity index (χ0n) is 22.2. The molecule has 0 saturated heterocycles. The highest BCUT2D eigenvalue weighted by atomic mass is 32.2. The Labute approximate surface area is 218 Å². The lowest BCUT2D eigenvalue weighted by atomic mass is 9.87. The van der Waals surface area contributed by atoms with Crippen LogP contribution in [0.25, 0.3) is 12.2 Å². The van der Waals surface area contributed by atoms with Crippen molar-refractivity contribution in [3.8, 4) is 23.0 Å². The largest absolute Gasteiger partial charge is 0.494 e. The summed E-state index contributed by atoms with van der Waals surface area (Å²) in [5.41, 5.74) is 1.76. The summed E-state index contributed by atoms with van der Waals surface area (Å²) < 4.78 is 63.6. The molecule has 0 fully saturated rings. The first kappa shape index (κ1) is 28.1. The molecular formula is C29H33FO6S. The Morgan fingerprint density at radius 3 is 1.97 bits per heavy atom. The number of rotatable bonds is 9. The first-order valence-corrected chi connectivity index (χ1v) is 13.3. The highest BCUT2D eigenvalue weighted by Gasteiger charge is 2.24. The van der Waals surface area contributed by atoms with Crippen LogP contribution in [0, 0.1) is 5.82 Å². The van der Waals surface area contributed by atoms with Crippen molar-refractivity contribution in [1.29, 1.82) is 0 Å². The minimum absolute atomic E-state index is 0.0178. The quantitative estimate of drug-likeness (QED) is 0.304. The molecule has 0 radical (unpaired) electrons. The number of hydrogen-bond acceptors (Lipinski definition) is 6. The van der Waals surface area contributed by atoms with Gasteiger partial charge in [-0.1, -0.05) is 51.1 Å². The van der Waals surface area contributed by atoms with Crippen molar-refractivity contribution in [2.75, 3.05) is 28.4 Å². The SMILES string of the molecule is COc1ccc(/C=C\c2cc(OC)c(OC)c(OC)c2)c(CS(=O)(=O)c2cccc(C(C)(C)C)c2)c1F. The minimum atomic E-state index is -3.87. The lowest BCUT2D eigenvalue weighted by molar-refractivity contribution is 0.324. The molecule has 0 aliphatic rings. The molecule has 6 nitrogen and oxygen atoms in total. The maximum atomic E-state index is 15.4. The van der Waals surface area contributed by atoms with Gasteiger partial charge >= 0.3 is 0 Å². The number of hydrogen-bond donors (Lipinski definition) is 0. The molecule has 0 aliphatic heterocycles. The van der Waals surface area contributed by atoms with E-state index in [4.69, 9.17) is 18.9 Å². The Bertz CT molecular complexity index is 1380. The van der Waals surface area contributed by atoms with E-state index < -0.39 is 21.4 Å². The van der Waals surface area contributed by atoms with Gasteiger partial charge in [0, 0.05) is 5.56 Å². The zero-order chi connectivity index (χ0) is 27.4. The van der Waals surface area contributed by atoms with Gasteiger partial charge in [0.05, 0.1) is 39.1 Å². The Balaban J connectivity index is 2.07. The second kappa shape index (κ2) is 11.3. The first-order valence-electron chi connectivity index (χ1n) is 11.6. The van der Waals surface area contributed by atoms with E-state index in [0.717, 1.165) is 5.56 Å². The van der Waals surface area contributed by atoms with Gasteiger partial charge < -0.3 is 18.9 Å². The van der Waals surface area contributed by atoms with E-state index in [0.29, 0.717) is 28.4 Å². The molecule has 3 aromatic carbocycles. The number of methoxy groups -OCH3 is 4. The third-order valence-corrected chi connectivity index (χ3v) is 7.64. The molecule has 8 heteroatoms. The van der Waals surface area contributed by atoms with E-state index >= 15 is 4.39 Å². The first-order chi connectivity index (χ1) is 17.4. The summed E-state index contributed by atoms with van der Waals surface area (Å²) in [6, 6.07) is 13.4. The molecule has 0 N–H and O–H groups in total. The van der Waals surface area contributed by atoms with Crippen LogP contribution in [0.5, 0.6) is 23.0 Å². The Hall–Kier alpha value is -3.52. The van der Waals surface area contributed by atoms with Crippen molar-refractivity contribution in [1.82, 2.24) is 0 Å². The molecule has 3 rings (SSSR count). The second-order valence-electron chi connectivity index (χ2n) is 9.48. The summed E-state index contributed by atoms with van der Waals surface area (Å²) in [5, 5.41) is 0. The monoisotopic (exact) mass is 528 g/mol. The molecule has 3 aromatic rings. The fraction of sp³-hybridized carbons (Fsp3) is 0.310. The van der Waals surface area contributed by atoms with Gasteiger partial charge in [-0.3, -0.25) is 0 Å². The molecule has 0 unspecified atom stereocenters. The molecule has 198 valence electrons. The van der Waals surface area contributed by atoms with Crippen molar-refractivity contribution < 1.29 is 31.8 Å². The van der Waals surface area contributed by atoms with Crippen LogP contribution < -0.4 is 18.9 Å². The topological polar surface area (TPSA) is 71.1 Å². The maximum Gasteiger partial charge on any atom is 0.203 e. The lowest BCUT2D eigenvalue weighted by Gasteiger charge is -2.20. The highest BCUT2D eigenvalue weighted by molar-refractivity contribution is 7.90. The van der Waals surface area contributed by atoms with Crippen LogP contribution in [-0.2, 0) is 21.0 Å². The number of halogens is 1. The van der Waals surface area contributed by atoms with Gasteiger partial charge in [0.15, 0.2) is 32.9 Å². The van der Waals surface area contributed by atoms with Crippen molar-refractivity contribution in [2.45, 2.75) is 36.8 Å². The van der Waals surface area contributed by atoms with Crippen molar-refractivity contribution in [2.24, 2.45) is 0 Å². The molecular weight excluding hydrogens is 495 g/mol. The molecule has 0 aromatic heterocycles. The van der Waals surface area contributed by atoms with Gasteiger partial charge in [-0.05, 0) is 52.4 Å². The molecule has 37 heavy (non-hydrogen) atoms. The lowest BCUT2D eigenvalue weighted by Crippen LogP contribution is -2.13. The fourth-order valence-corrected chi connectivity index (χ4v) is 5.32. The second-order valence-corrected chi connectivity index (χ2v) is 11.5. The summed E-state index contributed by atoms with van der Waals surface area (Å²) in [5.74, 6) is 0.0944. The Morgan fingerprint density at radius 2 is 1.43 bits per heavy atom. The standard InChI is InChI=1S/C29H33FO6S/c1-29(2,3)21-9-8-10-22(17-21)37(31,32)18-23-20(13-14-24(33-4)27(23)30)12-11-19-15-25(34-5)28(36-7)26(16-19)35-6/h8-17H,18H2,1-7H3/b12-11-. The van der Waals surface area contributed by atoms with Crippen LogP contribution in [0.3, 0.4) is 0 Å². The Kier molecular flexibility index (Phi) is 8.53. The number of sulfone groups is 1. The normalized spacial score (nSPS) is 12.0. The number of ether oxygens (including phenoxy) is 4. The summed E-state index contributed by atoms with van der Waals surface area (Å²) in [7, 11) is 2.02. The van der Waals surface area contributed by atoms with Crippen molar-refractivity contribution in [3.05, 3.63) is 76.6 Å². The van der Waals surface area contributed by atoms with Crippen LogP contribution in [0.4, 0.5) is 4.39 Å². The van der Waals surface area contributed by atoms with Gasteiger partial charge in [0.2, 0.25) is 5.75 Å². The minimum Gasteiger partial charge on any atom is -0.494 e. The summed E-state index contributed by atoms with van der Waals surface area (Å²) in [4.78, 5) is 0.140. The van der Waals surface area contributed by atoms with Crippen LogP contribution in [0.2, 0.25) is 0 Å². The molecule has 0 atom stereocenters. The van der Waals surface area contributed by atoms with Gasteiger partial charge in [0.25, 0.3) is 0 Å². The molecule has 0 aliphatic carbocycles. The predicted octanol–water partition coefficient (Wildman–Crippen LogP) is 6.30. The smallest absolute Gasteiger partial charge is 0.203 e. The molecule has 0 bridgehead atoms. The zero-order valence-corrected chi connectivity index (χ0v) is 23.0. The summed E-state index contributed by atoms with van der Waals surface area (Å²) in [6.45, 7) is 6.02. The van der Waals surface area contributed by atoms with Gasteiger partial charge in [-0.2, -0.15) is 0 Å². The van der Waals surface area contributed by atoms with Crippen LogP contribution >= 0.6 is 0 Å². The van der Waals surface area contributed by atoms with E-state index in [2.05, 4.69) is 0 Å². The van der Waals surface area contributed by atoms with E-state index in [1.165, 1.54) is 40.6 Å². The van der Waals surface area contributed by atoms with Crippen molar-refractivity contribution >= 4 is 22.0 Å². The average Bonchev–Trinajstić information content (AvgIpc) is 2.87. The molecule has 0 heterocycles. The predicted molar refractivity (Wildman–Crippen MR) is 144 cm³/mol.